The van der Waals surface area contributed by atoms with Gasteiger partial charge in [-0.3, -0.25) is 9.69 Å². The number of hydrogen-bond acceptors (Lipinski definition) is 3. The average Bonchev–Trinajstić information content (AvgIpc) is 2.76. The van der Waals surface area contributed by atoms with E-state index in [1.54, 1.807) is 0 Å². The molecule has 2 atom stereocenters. The molecule has 2 aliphatic rings. The van der Waals surface area contributed by atoms with Crippen molar-refractivity contribution in [2.75, 3.05) is 19.6 Å². The van der Waals surface area contributed by atoms with Gasteiger partial charge in [0.05, 0.1) is 12.2 Å². The van der Waals surface area contributed by atoms with Crippen molar-refractivity contribution in [2.45, 2.75) is 38.4 Å². The third kappa shape index (κ3) is 3.04. The maximum Gasteiger partial charge on any atom is 0.164 e. The molecular weight excluding hydrogens is 238 g/mol. The molecule has 19 heavy (non-hydrogen) atoms. The first kappa shape index (κ1) is 12.8. The minimum absolute atomic E-state index is 0.249. The van der Waals surface area contributed by atoms with Crippen LogP contribution >= 0.6 is 0 Å². The van der Waals surface area contributed by atoms with E-state index in [0.717, 1.165) is 25.2 Å². The SMILES string of the molecule is Cc1ccc(C(=O)CCN2CC3CCC(C2)O3)cc1. The van der Waals surface area contributed by atoms with Crippen molar-refractivity contribution in [3.8, 4) is 0 Å². The highest BCUT2D eigenvalue weighted by Gasteiger charge is 2.33. The molecular formula is C16H21NO2. The summed E-state index contributed by atoms with van der Waals surface area (Å²) in [6.07, 6.45) is 3.81. The van der Waals surface area contributed by atoms with Crippen molar-refractivity contribution in [1.82, 2.24) is 4.90 Å². The lowest BCUT2D eigenvalue weighted by atomic mass is 10.1. The largest absolute Gasteiger partial charge is 0.372 e. The molecule has 3 nitrogen and oxygen atoms in total. The highest BCUT2D eigenvalue weighted by Crippen LogP contribution is 2.26. The minimum atomic E-state index is 0.249. The Hall–Kier alpha value is -1.19. The van der Waals surface area contributed by atoms with Gasteiger partial charge in [-0.2, -0.15) is 0 Å². The average molecular weight is 259 g/mol. The molecule has 0 aliphatic carbocycles. The van der Waals surface area contributed by atoms with E-state index in [0.29, 0.717) is 18.6 Å². The van der Waals surface area contributed by atoms with Gasteiger partial charge in [-0.05, 0) is 19.8 Å². The van der Waals surface area contributed by atoms with Crippen molar-refractivity contribution < 1.29 is 9.53 Å². The molecule has 0 amide bonds. The summed E-state index contributed by atoms with van der Waals surface area (Å²) in [5.41, 5.74) is 2.03. The molecule has 0 saturated carbocycles. The van der Waals surface area contributed by atoms with Gasteiger partial charge in [0.25, 0.3) is 0 Å². The van der Waals surface area contributed by atoms with Crippen LogP contribution in [0.1, 0.15) is 35.2 Å². The number of aryl methyl sites for hydroxylation is 1. The molecule has 0 aromatic heterocycles. The van der Waals surface area contributed by atoms with E-state index in [2.05, 4.69) is 4.90 Å². The lowest BCUT2D eigenvalue weighted by molar-refractivity contribution is -0.0379. The zero-order chi connectivity index (χ0) is 13.2. The normalized spacial score (nSPS) is 26.6. The quantitative estimate of drug-likeness (QED) is 0.778. The second kappa shape index (κ2) is 5.43. The maximum atomic E-state index is 12.1. The molecule has 2 heterocycles. The summed E-state index contributed by atoms with van der Waals surface area (Å²) < 4.78 is 5.81. The van der Waals surface area contributed by atoms with Crippen LogP contribution in [0.4, 0.5) is 0 Å². The Bertz CT molecular complexity index is 442. The summed E-state index contributed by atoms with van der Waals surface area (Å²) in [6.45, 7) is 4.90. The highest BCUT2D eigenvalue weighted by molar-refractivity contribution is 5.96. The first-order valence-corrected chi connectivity index (χ1v) is 7.18. The molecule has 3 rings (SSSR count). The molecule has 2 unspecified atom stereocenters. The van der Waals surface area contributed by atoms with Crippen molar-refractivity contribution >= 4 is 5.78 Å². The third-order valence-electron chi connectivity index (χ3n) is 4.15. The summed E-state index contributed by atoms with van der Waals surface area (Å²) in [6, 6.07) is 7.87. The Morgan fingerprint density at radius 3 is 2.47 bits per heavy atom. The van der Waals surface area contributed by atoms with Gasteiger partial charge in [0.1, 0.15) is 0 Å². The highest BCUT2D eigenvalue weighted by atomic mass is 16.5. The van der Waals surface area contributed by atoms with Gasteiger partial charge < -0.3 is 4.74 Å². The van der Waals surface area contributed by atoms with Crippen LogP contribution in [0.3, 0.4) is 0 Å². The Labute approximate surface area is 114 Å². The van der Waals surface area contributed by atoms with Crippen LogP contribution in [0.2, 0.25) is 0 Å². The van der Waals surface area contributed by atoms with E-state index in [4.69, 9.17) is 4.74 Å². The van der Waals surface area contributed by atoms with Gasteiger partial charge in [0, 0.05) is 31.6 Å². The first-order chi connectivity index (χ1) is 9.20. The van der Waals surface area contributed by atoms with E-state index in [1.807, 2.05) is 31.2 Å². The smallest absolute Gasteiger partial charge is 0.164 e. The van der Waals surface area contributed by atoms with Gasteiger partial charge in [-0.1, -0.05) is 29.8 Å². The standard InChI is InChI=1S/C16H21NO2/c1-12-2-4-13(5-3-12)16(18)8-9-17-10-14-6-7-15(11-17)19-14/h2-5,14-15H,6-11H2,1H3. The summed E-state index contributed by atoms with van der Waals surface area (Å²) >= 11 is 0. The van der Waals surface area contributed by atoms with Crippen molar-refractivity contribution in [2.24, 2.45) is 0 Å². The summed E-state index contributed by atoms with van der Waals surface area (Å²) in [7, 11) is 0. The number of morpholine rings is 1. The molecule has 0 N–H and O–H groups in total. The zero-order valence-corrected chi connectivity index (χ0v) is 11.5. The molecule has 1 aromatic rings. The Kier molecular flexibility index (Phi) is 3.67. The zero-order valence-electron chi connectivity index (χ0n) is 11.5. The van der Waals surface area contributed by atoms with Crippen LogP contribution in [-0.2, 0) is 4.74 Å². The number of benzene rings is 1. The van der Waals surface area contributed by atoms with Crippen molar-refractivity contribution in [1.29, 1.82) is 0 Å². The Morgan fingerprint density at radius 1 is 1.21 bits per heavy atom. The number of likely N-dealkylation sites (tertiary alicyclic amines) is 1. The maximum absolute atomic E-state index is 12.1. The fourth-order valence-corrected chi connectivity index (χ4v) is 3.03. The Balaban J connectivity index is 1.52. The fourth-order valence-electron chi connectivity index (χ4n) is 3.03. The van der Waals surface area contributed by atoms with E-state index in [1.165, 1.54) is 18.4 Å². The number of ketones is 1. The van der Waals surface area contributed by atoms with Crippen LogP contribution < -0.4 is 0 Å². The van der Waals surface area contributed by atoms with E-state index >= 15 is 0 Å². The number of rotatable bonds is 4. The predicted octanol–water partition coefficient (Wildman–Crippen LogP) is 2.43. The molecule has 102 valence electrons. The number of hydrogen-bond donors (Lipinski definition) is 0. The van der Waals surface area contributed by atoms with Gasteiger partial charge in [-0.25, -0.2) is 0 Å². The lowest BCUT2D eigenvalue weighted by Crippen LogP contribution is -2.43. The fraction of sp³-hybridized carbons (Fsp3) is 0.562. The van der Waals surface area contributed by atoms with Crippen LogP contribution in [-0.4, -0.2) is 42.5 Å². The predicted molar refractivity (Wildman–Crippen MR) is 74.5 cm³/mol. The molecule has 2 fully saturated rings. The third-order valence-corrected chi connectivity index (χ3v) is 4.15. The van der Waals surface area contributed by atoms with E-state index in [-0.39, 0.29) is 5.78 Å². The monoisotopic (exact) mass is 259 g/mol. The summed E-state index contributed by atoms with van der Waals surface area (Å²) in [5, 5.41) is 0. The van der Waals surface area contributed by atoms with Gasteiger partial charge in [-0.15, -0.1) is 0 Å². The molecule has 0 spiro atoms. The number of carbonyl (C=O) groups excluding carboxylic acids is 1. The number of ether oxygens (including phenoxy) is 1. The van der Waals surface area contributed by atoms with Crippen LogP contribution in [0, 0.1) is 6.92 Å². The van der Waals surface area contributed by atoms with E-state index in [9.17, 15) is 4.79 Å². The molecule has 2 bridgehead atoms. The number of carbonyl (C=O) groups is 1. The number of nitrogens with zero attached hydrogens (tertiary/aromatic N) is 1. The molecule has 1 aromatic carbocycles. The Morgan fingerprint density at radius 2 is 1.84 bits per heavy atom. The van der Waals surface area contributed by atoms with Crippen molar-refractivity contribution in [3.63, 3.8) is 0 Å². The molecule has 3 heteroatoms. The van der Waals surface area contributed by atoms with Crippen LogP contribution in [0.15, 0.2) is 24.3 Å². The number of Topliss-reactive ketones (excluding diaryl/α,β-unsaturated/α-hetero) is 1. The van der Waals surface area contributed by atoms with Crippen LogP contribution in [0.5, 0.6) is 0 Å². The second-order valence-electron chi connectivity index (χ2n) is 5.76. The second-order valence-corrected chi connectivity index (χ2v) is 5.76. The lowest BCUT2D eigenvalue weighted by Gasteiger charge is -2.31. The number of fused-ring (bicyclic) bond motifs is 2. The minimum Gasteiger partial charge on any atom is -0.372 e. The molecule has 2 saturated heterocycles. The van der Waals surface area contributed by atoms with Crippen LogP contribution in [0.25, 0.3) is 0 Å². The van der Waals surface area contributed by atoms with Gasteiger partial charge in [0.2, 0.25) is 0 Å². The van der Waals surface area contributed by atoms with Gasteiger partial charge in [0.15, 0.2) is 5.78 Å². The van der Waals surface area contributed by atoms with Gasteiger partial charge >= 0.3 is 0 Å². The summed E-state index contributed by atoms with van der Waals surface area (Å²) in [4.78, 5) is 14.5. The molecule has 2 aliphatic heterocycles. The molecule has 0 radical (unpaired) electrons. The van der Waals surface area contributed by atoms with E-state index < -0.39 is 0 Å². The summed E-state index contributed by atoms with van der Waals surface area (Å²) in [5.74, 6) is 0.249. The topological polar surface area (TPSA) is 29.5 Å². The van der Waals surface area contributed by atoms with Crippen molar-refractivity contribution in [3.05, 3.63) is 35.4 Å². The first-order valence-electron chi connectivity index (χ1n) is 7.18.